The highest BCUT2D eigenvalue weighted by molar-refractivity contribution is 6.03. The smallest absolute Gasteiger partial charge is 0.248 e. The minimum absolute atomic E-state index is 0.000658. The van der Waals surface area contributed by atoms with E-state index < -0.39 is 5.91 Å². The van der Waals surface area contributed by atoms with E-state index in [1.165, 1.54) is 53.8 Å². The van der Waals surface area contributed by atoms with E-state index in [4.69, 9.17) is 23.7 Å². The SMILES string of the molecule is COc1cc(/C=C/C(=O)Nc2cc(/C=C/c3cc(OC)c(OC)c(OC)c3)cc(O)c2OC)ccc1O. The van der Waals surface area contributed by atoms with Gasteiger partial charge in [-0.05, 0) is 59.2 Å². The molecule has 3 aromatic rings. The maximum absolute atomic E-state index is 12.6. The third-order valence-corrected chi connectivity index (χ3v) is 5.34. The maximum Gasteiger partial charge on any atom is 0.248 e. The van der Waals surface area contributed by atoms with Crippen molar-refractivity contribution in [1.82, 2.24) is 0 Å². The molecule has 3 rings (SSSR count). The van der Waals surface area contributed by atoms with E-state index in [0.29, 0.717) is 34.1 Å². The number of aromatic hydroxyl groups is 2. The number of hydrogen-bond donors (Lipinski definition) is 3. The minimum atomic E-state index is -0.449. The van der Waals surface area contributed by atoms with Crippen molar-refractivity contribution in [3.8, 4) is 40.2 Å². The first-order valence-electron chi connectivity index (χ1n) is 11.1. The van der Waals surface area contributed by atoms with Gasteiger partial charge in [-0.1, -0.05) is 18.2 Å². The lowest BCUT2D eigenvalue weighted by molar-refractivity contribution is -0.111. The van der Waals surface area contributed by atoms with Crippen LogP contribution in [0.2, 0.25) is 0 Å². The van der Waals surface area contributed by atoms with Gasteiger partial charge in [0.15, 0.2) is 34.5 Å². The molecule has 9 nitrogen and oxygen atoms in total. The molecule has 0 radical (unpaired) electrons. The molecule has 0 spiro atoms. The Morgan fingerprint density at radius 2 is 1.22 bits per heavy atom. The Kier molecular flexibility index (Phi) is 8.88. The van der Waals surface area contributed by atoms with Crippen molar-refractivity contribution in [2.24, 2.45) is 0 Å². The summed E-state index contributed by atoms with van der Waals surface area (Å²) in [5, 5.41) is 22.9. The average molecular weight is 508 g/mol. The standard InChI is InChI=1S/C28H29NO8/c1-33-23-14-17(8-10-21(23)30)9-11-26(32)29-20-12-18(13-22(31)27(20)36-4)6-7-19-15-24(34-2)28(37-5)25(16-19)35-3/h6-16,30-31H,1-5H3,(H,29,32)/b7-6+,11-9+. The second-order valence-electron chi connectivity index (χ2n) is 7.67. The Hall–Kier alpha value is -4.79. The van der Waals surface area contributed by atoms with E-state index in [9.17, 15) is 15.0 Å². The number of phenolic OH excluding ortho intramolecular Hbond substituents is 2. The zero-order valence-electron chi connectivity index (χ0n) is 21.2. The first kappa shape index (κ1) is 26.8. The summed E-state index contributed by atoms with van der Waals surface area (Å²) < 4.78 is 26.5. The largest absolute Gasteiger partial charge is 0.504 e. The van der Waals surface area contributed by atoms with Crippen LogP contribution < -0.4 is 29.0 Å². The fraction of sp³-hybridized carbons (Fsp3) is 0.179. The second-order valence-corrected chi connectivity index (χ2v) is 7.67. The maximum atomic E-state index is 12.6. The van der Waals surface area contributed by atoms with E-state index in [-0.39, 0.29) is 22.9 Å². The first-order valence-corrected chi connectivity index (χ1v) is 11.1. The highest BCUT2D eigenvalue weighted by Crippen LogP contribution is 2.39. The molecule has 0 saturated carbocycles. The fourth-order valence-corrected chi connectivity index (χ4v) is 3.57. The molecule has 0 saturated heterocycles. The topological polar surface area (TPSA) is 116 Å². The van der Waals surface area contributed by atoms with Gasteiger partial charge in [-0.2, -0.15) is 0 Å². The van der Waals surface area contributed by atoms with Gasteiger partial charge in [-0.25, -0.2) is 0 Å². The second kappa shape index (κ2) is 12.3. The van der Waals surface area contributed by atoms with Crippen molar-refractivity contribution < 1.29 is 38.7 Å². The summed E-state index contributed by atoms with van der Waals surface area (Å²) in [6.07, 6.45) is 6.45. The molecule has 0 atom stereocenters. The van der Waals surface area contributed by atoms with E-state index in [0.717, 1.165) is 5.56 Å². The Balaban J connectivity index is 1.86. The molecular formula is C28H29NO8. The molecule has 3 aromatic carbocycles. The Morgan fingerprint density at radius 3 is 1.78 bits per heavy atom. The van der Waals surface area contributed by atoms with E-state index in [1.54, 1.807) is 48.6 Å². The van der Waals surface area contributed by atoms with Gasteiger partial charge in [-0.3, -0.25) is 4.79 Å². The van der Waals surface area contributed by atoms with Crippen molar-refractivity contribution in [3.63, 3.8) is 0 Å². The van der Waals surface area contributed by atoms with Gasteiger partial charge in [0.05, 0.1) is 41.2 Å². The number of phenols is 2. The van der Waals surface area contributed by atoms with Crippen molar-refractivity contribution in [2.45, 2.75) is 0 Å². The molecule has 0 aliphatic rings. The van der Waals surface area contributed by atoms with Gasteiger partial charge in [0.2, 0.25) is 11.7 Å². The van der Waals surface area contributed by atoms with Gasteiger partial charge >= 0.3 is 0 Å². The zero-order chi connectivity index (χ0) is 26.9. The Morgan fingerprint density at radius 1 is 0.649 bits per heavy atom. The van der Waals surface area contributed by atoms with Crippen LogP contribution in [0.5, 0.6) is 40.2 Å². The first-order chi connectivity index (χ1) is 17.8. The van der Waals surface area contributed by atoms with Crippen LogP contribution in [0.4, 0.5) is 5.69 Å². The van der Waals surface area contributed by atoms with Gasteiger partial charge in [0.25, 0.3) is 0 Å². The number of methoxy groups -OCH3 is 5. The molecule has 0 fully saturated rings. The van der Waals surface area contributed by atoms with Crippen LogP contribution >= 0.6 is 0 Å². The normalized spacial score (nSPS) is 10.9. The lowest BCUT2D eigenvalue weighted by atomic mass is 10.1. The molecule has 0 unspecified atom stereocenters. The van der Waals surface area contributed by atoms with Crippen LogP contribution in [-0.2, 0) is 4.79 Å². The van der Waals surface area contributed by atoms with Crippen LogP contribution in [0, 0.1) is 0 Å². The fourth-order valence-electron chi connectivity index (χ4n) is 3.57. The van der Waals surface area contributed by atoms with Gasteiger partial charge in [0, 0.05) is 6.08 Å². The van der Waals surface area contributed by atoms with E-state index in [2.05, 4.69) is 5.32 Å². The van der Waals surface area contributed by atoms with E-state index >= 15 is 0 Å². The predicted molar refractivity (Wildman–Crippen MR) is 142 cm³/mol. The predicted octanol–water partition coefficient (Wildman–Crippen LogP) is 4.96. The monoisotopic (exact) mass is 507 g/mol. The number of benzene rings is 3. The summed E-state index contributed by atoms with van der Waals surface area (Å²) in [7, 11) is 7.44. The molecule has 194 valence electrons. The number of carbonyl (C=O) groups excluding carboxylic acids is 1. The highest BCUT2D eigenvalue weighted by Gasteiger charge is 2.14. The molecule has 0 heterocycles. The number of anilines is 1. The van der Waals surface area contributed by atoms with E-state index in [1.807, 2.05) is 0 Å². The number of nitrogens with one attached hydrogen (secondary N) is 1. The van der Waals surface area contributed by atoms with Crippen LogP contribution in [0.1, 0.15) is 16.7 Å². The molecule has 3 N–H and O–H groups in total. The molecule has 0 bridgehead atoms. The number of ether oxygens (including phenoxy) is 5. The number of hydrogen-bond acceptors (Lipinski definition) is 8. The third-order valence-electron chi connectivity index (χ3n) is 5.34. The van der Waals surface area contributed by atoms with Gasteiger partial charge < -0.3 is 39.2 Å². The molecule has 37 heavy (non-hydrogen) atoms. The minimum Gasteiger partial charge on any atom is -0.504 e. The quantitative estimate of drug-likeness (QED) is 0.260. The molecule has 0 aromatic heterocycles. The van der Waals surface area contributed by atoms with Crippen LogP contribution in [0.25, 0.3) is 18.2 Å². The Labute approximate surface area is 215 Å². The third kappa shape index (κ3) is 6.46. The van der Waals surface area contributed by atoms with Crippen LogP contribution in [0.3, 0.4) is 0 Å². The summed E-state index contributed by atoms with van der Waals surface area (Å²) >= 11 is 0. The van der Waals surface area contributed by atoms with Crippen molar-refractivity contribution in [2.75, 3.05) is 40.9 Å². The summed E-state index contributed by atoms with van der Waals surface area (Å²) in [6.45, 7) is 0. The molecule has 0 aliphatic heterocycles. The lowest BCUT2D eigenvalue weighted by Crippen LogP contribution is -2.09. The highest BCUT2D eigenvalue weighted by atomic mass is 16.5. The number of carbonyl (C=O) groups is 1. The molecule has 9 heteroatoms. The van der Waals surface area contributed by atoms with Crippen molar-refractivity contribution >= 4 is 29.8 Å². The summed E-state index contributed by atoms with van der Waals surface area (Å²) in [5.74, 6) is 1.32. The molecular weight excluding hydrogens is 478 g/mol. The molecule has 0 aliphatic carbocycles. The number of rotatable bonds is 10. The summed E-state index contributed by atoms with van der Waals surface area (Å²) in [4.78, 5) is 12.6. The summed E-state index contributed by atoms with van der Waals surface area (Å²) in [6, 6.07) is 11.5. The molecule has 1 amide bonds. The van der Waals surface area contributed by atoms with Gasteiger partial charge in [0.1, 0.15) is 0 Å². The Bertz CT molecular complexity index is 1300. The van der Waals surface area contributed by atoms with Crippen LogP contribution in [0.15, 0.2) is 48.5 Å². The average Bonchev–Trinajstić information content (AvgIpc) is 2.90. The lowest BCUT2D eigenvalue weighted by Gasteiger charge is -2.13. The zero-order valence-corrected chi connectivity index (χ0v) is 21.2. The van der Waals surface area contributed by atoms with Gasteiger partial charge in [-0.15, -0.1) is 0 Å². The number of amides is 1. The van der Waals surface area contributed by atoms with Crippen molar-refractivity contribution in [3.05, 3.63) is 65.2 Å². The summed E-state index contributed by atoms with van der Waals surface area (Å²) in [5.41, 5.74) is 2.31. The van der Waals surface area contributed by atoms with Crippen LogP contribution in [-0.4, -0.2) is 51.7 Å². The van der Waals surface area contributed by atoms with Crippen molar-refractivity contribution in [1.29, 1.82) is 0 Å².